The highest BCUT2D eigenvalue weighted by molar-refractivity contribution is 5.91. The number of carbonyl (C=O) groups excluding carboxylic acids is 2. The SMILES string of the molecule is C=CCC.NC(=O)NC(N)=O. The molecular weight excluding hydrogens is 146 g/mol. The highest BCUT2D eigenvalue weighted by atomic mass is 16.2. The van der Waals surface area contributed by atoms with E-state index in [0.29, 0.717) is 0 Å². The first kappa shape index (κ1) is 12.2. The summed E-state index contributed by atoms with van der Waals surface area (Å²) < 4.78 is 0. The number of amides is 4. The summed E-state index contributed by atoms with van der Waals surface area (Å²) in [5.41, 5.74) is 8.88. The van der Waals surface area contributed by atoms with Crippen LogP contribution in [0.2, 0.25) is 0 Å². The lowest BCUT2D eigenvalue weighted by Crippen LogP contribution is -2.38. The van der Waals surface area contributed by atoms with E-state index < -0.39 is 12.1 Å². The molecule has 5 N–H and O–H groups in total. The van der Waals surface area contributed by atoms with Crippen LogP contribution in [0.5, 0.6) is 0 Å². The van der Waals surface area contributed by atoms with Crippen molar-refractivity contribution in [3.8, 4) is 0 Å². The molecule has 11 heavy (non-hydrogen) atoms. The molecule has 0 aliphatic carbocycles. The second kappa shape index (κ2) is 8.48. The van der Waals surface area contributed by atoms with E-state index in [9.17, 15) is 9.59 Å². The number of urea groups is 2. The van der Waals surface area contributed by atoms with Crippen molar-refractivity contribution in [2.24, 2.45) is 11.5 Å². The average molecular weight is 159 g/mol. The molecule has 0 saturated carbocycles. The van der Waals surface area contributed by atoms with Gasteiger partial charge in [0, 0.05) is 0 Å². The van der Waals surface area contributed by atoms with Gasteiger partial charge < -0.3 is 11.5 Å². The predicted molar refractivity (Wildman–Crippen MR) is 42.8 cm³/mol. The maximum absolute atomic E-state index is 9.62. The van der Waals surface area contributed by atoms with Crippen LogP contribution in [0.1, 0.15) is 13.3 Å². The number of carbonyl (C=O) groups is 2. The predicted octanol–water partition coefficient (Wildman–Crippen LogP) is 0.316. The van der Waals surface area contributed by atoms with Gasteiger partial charge in [-0.3, -0.25) is 5.32 Å². The zero-order chi connectivity index (χ0) is 9.28. The van der Waals surface area contributed by atoms with Crippen molar-refractivity contribution in [1.29, 1.82) is 0 Å². The van der Waals surface area contributed by atoms with Crippen LogP contribution in [-0.4, -0.2) is 12.1 Å². The van der Waals surface area contributed by atoms with Crippen molar-refractivity contribution in [1.82, 2.24) is 5.32 Å². The molecule has 4 amide bonds. The second-order valence-electron chi connectivity index (χ2n) is 1.55. The fourth-order valence-electron chi connectivity index (χ4n) is 0.121. The summed E-state index contributed by atoms with van der Waals surface area (Å²) >= 11 is 0. The lowest BCUT2D eigenvalue weighted by molar-refractivity contribution is 0.236. The summed E-state index contributed by atoms with van der Waals surface area (Å²) in [6.45, 7) is 5.54. The standard InChI is InChI=1S/C4H8.C2H5N3O2/c1-3-4-2;3-1(6)5-2(4)7/h3H,1,4H2,2H3;(H5,3,4,5,6,7). The Morgan fingerprint density at radius 1 is 1.45 bits per heavy atom. The number of hydrogen-bond donors (Lipinski definition) is 3. The number of imide groups is 1. The van der Waals surface area contributed by atoms with Crippen molar-refractivity contribution in [3.05, 3.63) is 12.7 Å². The van der Waals surface area contributed by atoms with E-state index in [1.54, 1.807) is 5.32 Å². The Kier molecular flexibility index (Phi) is 9.39. The van der Waals surface area contributed by atoms with Gasteiger partial charge >= 0.3 is 12.1 Å². The first-order valence-corrected chi connectivity index (χ1v) is 3.01. The van der Waals surface area contributed by atoms with Crippen LogP contribution < -0.4 is 16.8 Å². The Morgan fingerprint density at radius 2 is 1.73 bits per heavy atom. The quantitative estimate of drug-likeness (QED) is 0.480. The summed E-state index contributed by atoms with van der Waals surface area (Å²) in [4.78, 5) is 19.2. The van der Waals surface area contributed by atoms with Crippen LogP contribution in [-0.2, 0) is 0 Å². The number of primary amides is 2. The summed E-state index contributed by atoms with van der Waals surface area (Å²) in [5.74, 6) is 0. The van der Waals surface area contributed by atoms with E-state index >= 15 is 0 Å². The van der Waals surface area contributed by atoms with Crippen molar-refractivity contribution in [2.45, 2.75) is 13.3 Å². The van der Waals surface area contributed by atoms with E-state index in [1.807, 2.05) is 6.08 Å². The Hall–Kier alpha value is -1.52. The minimum Gasteiger partial charge on any atom is -0.351 e. The molecule has 0 heterocycles. The van der Waals surface area contributed by atoms with Crippen molar-refractivity contribution in [2.75, 3.05) is 0 Å². The smallest absolute Gasteiger partial charge is 0.320 e. The maximum atomic E-state index is 9.62. The topological polar surface area (TPSA) is 98.2 Å². The molecule has 0 bridgehead atoms. The Bertz CT molecular complexity index is 133. The Morgan fingerprint density at radius 3 is 1.73 bits per heavy atom. The van der Waals surface area contributed by atoms with Gasteiger partial charge in [0.25, 0.3) is 0 Å². The number of hydrogen-bond acceptors (Lipinski definition) is 2. The van der Waals surface area contributed by atoms with Crippen LogP contribution >= 0.6 is 0 Å². The van der Waals surface area contributed by atoms with Gasteiger partial charge in [-0.15, -0.1) is 6.58 Å². The van der Waals surface area contributed by atoms with Crippen LogP contribution in [0.15, 0.2) is 12.7 Å². The summed E-state index contributed by atoms with van der Waals surface area (Å²) in [6, 6.07) is -1.88. The molecule has 0 aromatic rings. The number of allylic oxidation sites excluding steroid dienone is 1. The molecular formula is C6H13N3O2. The Labute approximate surface area is 65.4 Å². The van der Waals surface area contributed by atoms with Crippen molar-refractivity contribution >= 4 is 12.1 Å². The molecule has 0 unspecified atom stereocenters. The molecule has 0 fully saturated rings. The van der Waals surface area contributed by atoms with Crippen LogP contribution in [0.4, 0.5) is 9.59 Å². The molecule has 0 aromatic carbocycles. The zero-order valence-corrected chi connectivity index (χ0v) is 6.46. The number of nitrogens with one attached hydrogen (secondary N) is 1. The van der Waals surface area contributed by atoms with Crippen LogP contribution in [0, 0.1) is 0 Å². The van der Waals surface area contributed by atoms with Gasteiger partial charge in [-0.25, -0.2) is 9.59 Å². The van der Waals surface area contributed by atoms with Gasteiger partial charge in [0.15, 0.2) is 0 Å². The number of nitrogens with two attached hydrogens (primary N) is 2. The van der Waals surface area contributed by atoms with Gasteiger partial charge in [0.2, 0.25) is 0 Å². The van der Waals surface area contributed by atoms with Crippen molar-refractivity contribution < 1.29 is 9.59 Å². The lowest BCUT2D eigenvalue weighted by Gasteiger charge is -1.88. The molecule has 5 heteroatoms. The molecule has 0 radical (unpaired) electrons. The molecule has 5 nitrogen and oxygen atoms in total. The first-order valence-electron chi connectivity index (χ1n) is 3.01. The normalized spacial score (nSPS) is 7.00. The van der Waals surface area contributed by atoms with Crippen LogP contribution in [0.3, 0.4) is 0 Å². The third-order valence-corrected chi connectivity index (χ3v) is 0.535. The molecule has 0 rings (SSSR count). The molecule has 0 aliphatic rings. The highest BCUT2D eigenvalue weighted by Crippen LogP contribution is 1.66. The molecule has 64 valence electrons. The van der Waals surface area contributed by atoms with E-state index in [0.717, 1.165) is 6.42 Å². The first-order chi connectivity index (χ1) is 5.04. The highest BCUT2D eigenvalue weighted by Gasteiger charge is 1.92. The third kappa shape index (κ3) is 29.4. The largest absolute Gasteiger partial charge is 0.351 e. The summed E-state index contributed by atoms with van der Waals surface area (Å²) in [6.07, 6.45) is 2.96. The molecule has 0 spiro atoms. The Balaban J connectivity index is 0. The minimum atomic E-state index is -0.938. The van der Waals surface area contributed by atoms with Gasteiger partial charge in [-0.1, -0.05) is 13.0 Å². The lowest BCUT2D eigenvalue weighted by atomic mass is 10.5. The molecule has 0 aromatic heterocycles. The van der Waals surface area contributed by atoms with Gasteiger partial charge in [0.1, 0.15) is 0 Å². The maximum Gasteiger partial charge on any atom is 0.320 e. The molecule has 0 saturated heterocycles. The van der Waals surface area contributed by atoms with Gasteiger partial charge in [0.05, 0.1) is 0 Å². The molecule has 0 aliphatic heterocycles. The van der Waals surface area contributed by atoms with E-state index in [2.05, 4.69) is 25.0 Å². The fourth-order valence-corrected chi connectivity index (χ4v) is 0.121. The van der Waals surface area contributed by atoms with Gasteiger partial charge in [-0.05, 0) is 6.42 Å². The average Bonchev–Trinajstić information content (AvgIpc) is 1.85. The van der Waals surface area contributed by atoms with Gasteiger partial charge in [-0.2, -0.15) is 0 Å². The second-order valence-corrected chi connectivity index (χ2v) is 1.55. The molecule has 0 atom stereocenters. The van der Waals surface area contributed by atoms with Crippen molar-refractivity contribution in [3.63, 3.8) is 0 Å². The zero-order valence-electron chi connectivity index (χ0n) is 6.46. The number of rotatable bonds is 1. The third-order valence-electron chi connectivity index (χ3n) is 0.535. The fraction of sp³-hybridized carbons (Fsp3) is 0.333. The summed E-state index contributed by atoms with van der Waals surface area (Å²) in [7, 11) is 0. The van der Waals surface area contributed by atoms with E-state index in [1.165, 1.54) is 0 Å². The summed E-state index contributed by atoms with van der Waals surface area (Å²) in [5, 5.41) is 1.58. The monoisotopic (exact) mass is 159 g/mol. The van der Waals surface area contributed by atoms with Crippen LogP contribution in [0.25, 0.3) is 0 Å². The van der Waals surface area contributed by atoms with E-state index in [-0.39, 0.29) is 0 Å². The minimum absolute atomic E-state index is 0.937. The van der Waals surface area contributed by atoms with E-state index in [4.69, 9.17) is 0 Å².